The first-order valence-electron chi connectivity index (χ1n) is 7.55. The zero-order valence-corrected chi connectivity index (χ0v) is 12.5. The van der Waals surface area contributed by atoms with Crippen LogP contribution in [0.3, 0.4) is 0 Å². The van der Waals surface area contributed by atoms with E-state index in [1.54, 1.807) is 19.4 Å². The number of amides is 1. The normalized spacial score (nSPS) is 14.6. The Morgan fingerprint density at radius 3 is 2.91 bits per heavy atom. The zero-order valence-electron chi connectivity index (χ0n) is 12.5. The molecule has 6 heteroatoms. The maximum atomic E-state index is 12.2. The molecule has 0 unspecified atom stereocenters. The molecule has 0 aromatic carbocycles. The predicted octanol–water partition coefficient (Wildman–Crippen LogP) is 1.91. The van der Waals surface area contributed by atoms with Gasteiger partial charge in [-0.15, -0.1) is 0 Å². The van der Waals surface area contributed by atoms with E-state index in [9.17, 15) is 9.59 Å². The zero-order chi connectivity index (χ0) is 15.5. The van der Waals surface area contributed by atoms with Crippen LogP contribution in [0.25, 0.3) is 0 Å². The Morgan fingerprint density at radius 1 is 1.50 bits per heavy atom. The van der Waals surface area contributed by atoms with Crippen LogP contribution in [0.1, 0.15) is 52.6 Å². The average molecular weight is 301 g/mol. The van der Waals surface area contributed by atoms with E-state index in [-0.39, 0.29) is 11.5 Å². The first-order valence-corrected chi connectivity index (χ1v) is 7.55. The molecule has 2 heterocycles. The van der Waals surface area contributed by atoms with Crippen molar-refractivity contribution in [3.05, 3.63) is 51.6 Å². The molecule has 2 N–H and O–H groups in total. The van der Waals surface area contributed by atoms with Gasteiger partial charge in [-0.1, -0.05) is 6.42 Å². The van der Waals surface area contributed by atoms with Crippen LogP contribution in [0, 0.1) is 6.92 Å². The summed E-state index contributed by atoms with van der Waals surface area (Å²) in [5.41, 5.74) is 1.18. The maximum absolute atomic E-state index is 12.2. The number of hydrogen-bond donors (Lipinski definition) is 2. The van der Waals surface area contributed by atoms with E-state index in [0.29, 0.717) is 30.2 Å². The molecular formula is C16H19N3O3. The lowest BCUT2D eigenvalue weighted by Gasteiger charge is -2.24. The molecule has 6 nitrogen and oxygen atoms in total. The van der Waals surface area contributed by atoms with E-state index >= 15 is 0 Å². The van der Waals surface area contributed by atoms with Crippen LogP contribution in [-0.4, -0.2) is 22.4 Å². The van der Waals surface area contributed by atoms with Crippen LogP contribution in [-0.2, 0) is 6.42 Å². The van der Waals surface area contributed by atoms with Gasteiger partial charge in [0.15, 0.2) is 0 Å². The third-order valence-electron chi connectivity index (χ3n) is 4.14. The fourth-order valence-corrected chi connectivity index (χ4v) is 2.62. The van der Waals surface area contributed by atoms with Crippen LogP contribution in [0.5, 0.6) is 0 Å². The molecule has 3 rings (SSSR count). The highest BCUT2D eigenvalue weighted by molar-refractivity contribution is 5.95. The summed E-state index contributed by atoms with van der Waals surface area (Å²) in [6.07, 6.45) is 7.21. The topological polar surface area (TPSA) is 88.0 Å². The molecule has 2 aromatic heterocycles. The minimum Gasteiger partial charge on any atom is -0.427 e. The Balaban J connectivity index is 1.67. The van der Waals surface area contributed by atoms with Crippen molar-refractivity contribution in [3.8, 4) is 0 Å². The Bertz CT molecular complexity index is 715. The van der Waals surface area contributed by atoms with E-state index in [4.69, 9.17) is 4.42 Å². The first kappa shape index (κ1) is 14.6. The molecule has 0 radical (unpaired) electrons. The van der Waals surface area contributed by atoms with Gasteiger partial charge in [-0.25, -0.2) is 9.78 Å². The maximum Gasteiger partial charge on any atom is 0.349 e. The number of rotatable bonds is 5. The smallest absolute Gasteiger partial charge is 0.349 e. The second kappa shape index (κ2) is 6.17. The lowest BCUT2D eigenvalue weighted by molar-refractivity contribution is 0.0948. The Labute approximate surface area is 128 Å². The minimum atomic E-state index is -0.541. The van der Waals surface area contributed by atoms with Crippen molar-refractivity contribution in [2.45, 2.75) is 38.5 Å². The summed E-state index contributed by atoms with van der Waals surface area (Å²) in [6, 6.07) is 1.83. The average Bonchev–Trinajstić information content (AvgIpc) is 2.89. The van der Waals surface area contributed by atoms with Gasteiger partial charge in [0.2, 0.25) is 0 Å². The standard InChI is InChI=1S/C16H19N3O3/c1-10-7-13(11-3-2-4-11)22-16(21)14(10)15(20)18-6-5-12-8-17-9-19-12/h7-9,11H,2-6H2,1H3,(H,17,19)(H,18,20). The van der Waals surface area contributed by atoms with Gasteiger partial charge in [-0.3, -0.25) is 4.79 Å². The fourth-order valence-electron chi connectivity index (χ4n) is 2.62. The molecule has 1 aliphatic rings. The van der Waals surface area contributed by atoms with E-state index < -0.39 is 5.63 Å². The van der Waals surface area contributed by atoms with Crippen molar-refractivity contribution in [2.24, 2.45) is 0 Å². The largest absolute Gasteiger partial charge is 0.427 e. The lowest BCUT2D eigenvalue weighted by Crippen LogP contribution is -2.31. The van der Waals surface area contributed by atoms with Crippen LogP contribution >= 0.6 is 0 Å². The SMILES string of the molecule is Cc1cc(C2CCC2)oc(=O)c1C(=O)NCCc1cnc[nH]1. The molecular weight excluding hydrogens is 282 g/mol. The summed E-state index contributed by atoms with van der Waals surface area (Å²) in [6.45, 7) is 2.22. The van der Waals surface area contributed by atoms with Crippen molar-refractivity contribution in [1.82, 2.24) is 15.3 Å². The van der Waals surface area contributed by atoms with Gasteiger partial charge >= 0.3 is 5.63 Å². The van der Waals surface area contributed by atoms with Crippen LogP contribution in [0.4, 0.5) is 0 Å². The summed E-state index contributed by atoms with van der Waals surface area (Å²) in [4.78, 5) is 31.2. The summed E-state index contributed by atoms with van der Waals surface area (Å²) in [7, 11) is 0. The van der Waals surface area contributed by atoms with Crippen molar-refractivity contribution in [1.29, 1.82) is 0 Å². The lowest BCUT2D eigenvalue weighted by atomic mass is 9.83. The van der Waals surface area contributed by atoms with Gasteiger partial charge in [0.1, 0.15) is 11.3 Å². The van der Waals surface area contributed by atoms with E-state index in [2.05, 4.69) is 15.3 Å². The van der Waals surface area contributed by atoms with Gasteiger partial charge in [-0.2, -0.15) is 0 Å². The second-order valence-corrected chi connectivity index (χ2v) is 5.70. The van der Waals surface area contributed by atoms with Crippen molar-refractivity contribution in [3.63, 3.8) is 0 Å². The molecule has 0 aliphatic heterocycles. The Morgan fingerprint density at radius 2 is 2.32 bits per heavy atom. The molecule has 1 amide bonds. The number of aromatic nitrogens is 2. The van der Waals surface area contributed by atoms with Gasteiger partial charge in [0.05, 0.1) is 6.33 Å². The summed E-state index contributed by atoms with van der Waals surface area (Å²) in [5.74, 6) is 0.664. The monoisotopic (exact) mass is 301 g/mol. The first-order chi connectivity index (χ1) is 10.6. The van der Waals surface area contributed by atoms with Gasteiger partial charge in [0, 0.05) is 30.8 Å². The number of H-pyrrole nitrogens is 1. The highest BCUT2D eigenvalue weighted by Gasteiger charge is 2.25. The quantitative estimate of drug-likeness (QED) is 0.883. The highest BCUT2D eigenvalue weighted by atomic mass is 16.4. The van der Waals surface area contributed by atoms with Crippen molar-refractivity contribution >= 4 is 5.91 Å². The van der Waals surface area contributed by atoms with Gasteiger partial charge in [-0.05, 0) is 31.4 Å². The number of nitrogens with one attached hydrogen (secondary N) is 2. The molecule has 2 aromatic rings. The van der Waals surface area contributed by atoms with Crippen molar-refractivity contribution < 1.29 is 9.21 Å². The summed E-state index contributed by atoms with van der Waals surface area (Å²) < 4.78 is 5.33. The van der Waals surface area contributed by atoms with Crippen molar-refractivity contribution in [2.75, 3.05) is 6.54 Å². The minimum absolute atomic E-state index is 0.104. The van der Waals surface area contributed by atoms with E-state index in [0.717, 1.165) is 18.5 Å². The van der Waals surface area contributed by atoms with E-state index in [1.807, 2.05) is 6.07 Å². The number of hydrogen-bond acceptors (Lipinski definition) is 4. The fraction of sp³-hybridized carbons (Fsp3) is 0.438. The molecule has 1 aliphatic carbocycles. The molecule has 1 saturated carbocycles. The number of imidazole rings is 1. The second-order valence-electron chi connectivity index (χ2n) is 5.70. The number of aryl methyl sites for hydroxylation is 1. The molecule has 1 fully saturated rings. The summed E-state index contributed by atoms with van der Waals surface area (Å²) >= 11 is 0. The highest BCUT2D eigenvalue weighted by Crippen LogP contribution is 2.36. The molecule has 0 spiro atoms. The van der Waals surface area contributed by atoms with Crippen LogP contribution < -0.4 is 10.9 Å². The molecule has 0 bridgehead atoms. The number of carbonyl (C=O) groups is 1. The molecule has 116 valence electrons. The number of nitrogens with zero attached hydrogens (tertiary/aromatic N) is 1. The summed E-state index contributed by atoms with van der Waals surface area (Å²) in [5, 5.41) is 2.75. The predicted molar refractivity (Wildman–Crippen MR) is 80.9 cm³/mol. The number of aromatic amines is 1. The van der Waals surface area contributed by atoms with Gasteiger partial charge in [0.25, 0.3) is 5.91 Å². The molecule has 22 heavy (non-hydrogen) atoms. The van der Waals surface area contributed by atoms with E-state index in [1.165, 1.54) is 6.42 Å². The Hall–Kier alpha value is -2.37. The third-order valence-corrected chi connectivity index (χ3v) is 4.14. The van der Waals surface area contributed by atoms with Crippen LogP contribution in [0.15, 0.2) is 27.8 Å². The number of carbonyl (C=O) groups excluding carboxylic acids is 1. The molecule has 0 atom stereocenters. The Kier molecular flexibility index (Phi) is 4.09. The van der Waals surface area contributed by atoms with Gasteiger partial charge < -0.3 is 14.7 Å². The third kappa shape index (κ3) is 2.95. The molecule has 0 saturated heterocycles. The van der Waals surface area contributed by atoms with Crippen LogP contribution in [0.2, 0.25) is 0 Å².